The summed E-state index contributed by atoms with van der Waals surface area (Å²) in [6.45, 7) is 0. The van der Waals surface area contributed by atoms with Gasteiger partial charge in [-0.1, -0.05) is 6.07 Å². The molecule has 0 atom stereocenters. The molecule has 2 rings (SSSR count). The minimum Gasteiger partial charge on any atom is -0.496 e. The van der Waals surface area contributed by atoms with Gasteiger partial charge in [0, 0.05) is 25.0 Å². The maximum absolute atomic E-state index is 8.74. The summed E-state index contributed by atoms with van der Waals surface area (Å²) < 4.78 is 6.05. The number of halogens is 1. The van der Waals surface area contributed by atoms with E-state index >= 15 is 0 Å². The molecule has 0 radical (unpaired) electrons. The maximum atomic E-state index is 8.74. The van der Waals surface area contributed by atoms with Gasteiger partial charge in [-0.05, 0) is 33.6 Å². The fourth-order valence-corrected chi connectivity index (χ4v) is 2.07. The molecule has 0 N–H and O–H groups in total. The van der Waals surface area contributed by atoms with Crippen LogP contribution in [-0.2, 0) is 0 Å². The summed E-state index contributed by atoms with van der Waals surface area (Å²) in [5, 5.41) is 8.74. The summed E-state index contributed by atoms with van der Waals surface area (Å²) in [7, 11) is 3.23. The number of anilines is 1. The highest BCUT2D eigenvalue weighted by Gasteiger charge is 2.06. The minimum absolute atomic E-state index is 0.374. The molecule has 0 saturated carbocycles. The minimum atomic E-state index is 0.374. The molecule has 0 fully saturated rings. The Morgan fingerprint density at radius 3 is 2.47 bits per heavy atom. The van der Waals surface area contributed by atoms with Crippen LogP contribution in [0.25, 0.3) is 11.1 Å². The Labute approximate surface area is 119 Å². The van der Waals surface area contributed by atoms with Crippen molar-refractivity contribution in [2.24, 2.45) is 0 Å². The van der Waals surface area contributed by atoms with Crippen molar-refractivity contribution in [1.29, 1.82) is 5.26 Å². The summed E-state index contributed by atoms with van der Waals surface area (Å²) in [6.07, 6.45) is 5.32. The average molecular weight is 319 g/mol. The molecular weight excluding hydrogens is 308 g/mol. The summed E-state index contributed by atoms with van der Waals surface area (Å²) in [5.74, 6) is 1.14. The van der Waals surface area contributed by atoms with Crippen LogP contribution in [0.2, 0.25) is 0 Å². The fraction of sp³-hybridized carbons (Fsp3) is 0.154. The van der Waals surface area contributed by atoms with Crippen LogP contribution in [0.4, 0.5) is 5.95 Å². The Kier molecular flexibility index (Phi) is 3.97. The first kappa shape index (κ1) is 13.3. The van der Waals surface area contributed by atoms with E-state index in [1.165, 1.54) is 4.90 Å². The molecule has 0 aliphatic carbocycles. The lowest BCUT2D eigenvalue weighted by Gasteiger charge is -2.08. The number of benzene rings is 1. The first-order valence-corrected chi connectivity index (χ1v) is 6.24. The highest BCUT2D eigenvalue weighted by Crippen LogP contribution is 2.30. The second kappa shape index (κ2) is 5.67. The molecular formula is C13H11BrN4O. The number of rotatable bonds is 3. The molecule has 0 amide bonds. The normalized spacial score (nSPS) is 9.79. The standard InChI is InChI=1S/C13H11BrN4O/c1-18(8-15)13-16-6-10(7-17-13)9-3-4-12(19-2)11(14)5-9/h3-7H,1-2H3. The molecule has 0 bridgehead atoms. The molecule has 0 saturated heterocycles. The summed E-state index contributed by atoms with van der Waals surface area (Å²) in [5.41, 5.74) is 1.84. The highest BCUT2D eigenvalue weighted by atomic mass is 79.9. The van der Waals surface area contributed by atoms with E-state index in [1.54, 1.807) is 26.6 Å². The van der Waals surface area contributed by atoms with E-state index in [4.69, 9.17) is 10.00 Å². The number of ether oxygens (including phenoxy) is 1. The van der Waals surface area contributed by atoms with Crippen LogP contribution in [0.3, 0.4) is 0 Å². The van der Waals surface area contributed by atoms with Crippen LogP contribution in [0, 0.1) is 11.5 Å². The van der Waals surface area contributed by atoms with Crippen molar-refractivity contribution < 1.29 is 4.74 Å². The van der Waals surface area contributed by atoms with Crippen LogP contribution < -0.4 is 9.64 Å². The molecule has 0 spiro atoms. The Balaban J connectivity index is 2.33. The monoisotopic (exact) mass is 318 g/mol. The average Bonchev–Trinajstić information content (AvgIpc) is 2.46. The Morgan fingerprint density at radius 2 is 1.95 bits per heavy atom. The van der Waals surface area contributed by atoms with E-state index in [0.29, 0.717) is 5.95 Å². The molecule has 96 valence electrons. The Bertz CT molecular complexity index is 622. The molecule has 5 nitrogen and oxygen atoms in total. The molecule has 19 heavy (non-hydrogen) atoms. The number of methoxy groups -OCH3 is 1. The van der Waals surface area contributed by atoms with Gasteiger partial charge in [-0.15, -0.1) is 0 Å². The van der Waals surface area contributed by atoms with Gasteiger partial charge in [-0.25, -0.2) is 9.97 Å². The second-order valence-corrected chi connectivity index (χ2v) is 4.63. The second-order valence-electron chi connectivity index (χ2n) is 3.78. The van der Waals surface area contributed by atoms with Gasteiger partial charge in [-0.3, -0.25) is 4.90 Å². The van der Waals surface area contributed by atoms with Gasteiger partial charge in [0.25, 0.3) is 0 Å². The zero-order chi connectivity index (χ0) is 13.8. The number of nitriles is 1. The van der Waals surface area contributed by atoms with Gasteiger partial charge in [0.2, 0.25) is 5.95 Å². The van der Waals surface area contributed by atoms with Crippen molar-refractivity contribution in [3.05, 3.63) is 35.1 Å². The van der Waals surface area contributed by atoms with Crippen molar-refractivity contribution >= 4 is 21.9 Å². The molecule has 0 aliphatic heterocycles. The van der Waals surface area contributed by atoms with Crippen molar-refractivity contribution in [1.82, 2.24) is 9.97 Å². The number of hydrogen-bond acceptors (Lipinski definition) is 5. The third-order valence-corrected chi connectivity index (χ3v) is 3.19. The van der Waals surface area contributed by atoms with Gasteiger partial charge in [0.05, 0.1) is 11.6 Å². The van der Waals surface area contributed by atoms with Gasteiger partial charge in [0.1, 0.15) is 5.75 Å². The molecule has 2 aromatic rings. The first-order chi connectivity index (χ1) is 9.15. The van der Waals surface area contributed by atoms with Crippen LogP contribution in [-0.4, -0.2) is 24.1 Å². The Hall–Kier alpha value is -2.13. The zero-order valence-corrected chi connectivity index (χ0v) is 12.0. The smallest absolute Gasteiger partial charge is 0.238 e. The first-order valence-electron chi connectivity index (χ1n) is 5.45. The number of aromatic nitrogens is 2. The van der Waals surface area contributed by atoms with E-state index in [0.717, 1.165) is 21.3 Å². The van der Waals surface area contributed by atoms with Gasteiger partial charge < -0.3 is 4.74 Å². The predicted octanol–water partition coefficient (Wildman–Crippen LogP) is 2.83. The van der Waals surface area contributed by atoms with E-state index in [9.17, 15) is 0 Å². The van der Waals surface area contributed by atoms with Gasteiger partial charge in [0.15, 0.2) is 6.19 Å². The predicted molar refractivity (Wildman–Crippen MR) is 75.7 cm³/mol. The summed E-state index contributed by atoms with van der Waals surface area (Å²) in [4.78, 5) is 9.59. The van der Waals surface area contributed by atoms with Crippen molar-refractivity contribution in [3.8, 4) is 23.1 Å². The van der Waals surface area contributed by atoms with Crippen molar-refractivity contribution in [3.63, 3.8) is 0 Å². The summed E-state index contributed by atoms with van der Waals surface area (Å²) in [6, 6.07) is 5.73. The van der Waals surface area contributed by atoms with Crippen LogP contribution in [0.15, 0.2) is 35.1 Å². The van der Waals surface area contributed by atoms with E-state index < -0.39 is 0 Å². The largest absolute Gasteiger partial charge is 0.496 e. The molecule has 0 aliphatic rings. The molecule has 1 aromatic carbocycles. The number of hydrogen-bond donors (Lipinski definition) is 0. The SMILES string of the molecule is COc1ccc(-c2cnc(N(C)C#N)nc2)cc1Br. The molecule has 6 heteroatoms. The number of nitrogens with zero attached hydrogens (tertiary/aromatic N) is 4. The highest BCUT2D eigenvalue weighted by molar-refractivity contribution is 9.10. The van der Waals surface area contributed by atoms with Crippen LogP contribution in [0.1, 0.15) is 0 Å². The van der Waals surface area contributed by atoms with E-state index in [-0.39, 0.29) is 0 Å². The molecule has 1 heterocycles. The Morgan fingerprint density at radius 1 is 1.26 bits per heavy atom. The molecule has 1 aromatic heterocycles. The van der Waals surface area contributed by atoms with Gasteiger partial charge in [-0.2, -0.15) is 5.26 Å². The van der Waals surface area contributed by atoms with Crippen molar-refractivity contribution in [2.45, 2.75) is 0 Å². The lowest BCUT2D eigenvalue weighted by molar-refractivity contribution is 0.412. The lowest BCUT2D eigenvalue weighted by Crippen LogP contribution is -2.11. The summed E-state index contributed by atoms with van der Waals surface area (Å²) >= 11 is 3.44. The van der Waals surface area contributed by atoms with Crippen LogP contribution in [0.5, 0.6) is 5.75 Å². The topological polar surface area (TPSA) is 62.0 Å². The third-order valence-electron chi connectivity index (χ3n) is 2.57. The fourth-order valence-electron chi connectivity index (χ4n) is 1.53. The van der Waals surface area contributed by atoms with E-state index in [2.05, 4.69) is 25.9 Å². The van der Waals surface area contributed by atoms with Crippen LogP contribution >= 0.6 is 15.9 Å². The molecule has 0 unspecified atom stereocenters. The maximum Gasteiger partial charge on any atom is 0.238 e. The van der Waals surface area contributed by atoms with E-state index in [1.807, 2.05) is 24.4 Å². The van der Waals surface area contributed by atoms with Crippen molar-refractivity contribution in [2.75, 3.05) is 19.1 Å². The lowest BCUT2D eigenvalue weighted by atomic mass is 10.1. The zero-order valence-electron chi connectivity index (χ0n) is 10.5. The third kappa shape index (κ3) is 2.83. The quantitative estimate of drug-likeness (QED) is 0.643. The van der Waals surface area contributed by atoms with Gasteiger partial charge >= 0.3 is 0 Å².